The van der Waals surface area contributed by atoms with Gasteiger partial charge in [-0.05, 0) is 30.2 Å². The van der Waals surface area contributed by atoms with Crippen LogP contribution < -0.4 is 4.74 Å². The van der Waals surface area contributed by atoms with Crippen LogP contribution in [0.1, 0.15) is 23.0 Å². The zero-order chi connectivity index (χ0) is 14.7. The highest BCUT2D eigenvalue weighted by molar-refractivity contribution is 9.10. The van der Waals surface area contributed by atoms with E-state index in [4.69, 9.17) is 14.2 Å². The van der Waals surface area contributed by atoms with Crippen LogP contribution >= 0.6 is 15.9 Å². The molecule has 0 atom stereocenters. The Hall–Kier alpha value is -1.36. The second-order valence-electron chi connectivity index (χ2n) is 4.99. The fourth-order valence-corrected chi connectivity index (χ4v) is 2.61. The van der Waals surface area contributed by atoms with Gasteiger partial charge in [0.25, 0.3) is 0 Å². The molecule has 0 bridgehead atoms. The smallest absolute Gasteiger partial charge is 0.187 e. The predicted molar refractivity (Wildman–Crippen MR) is 84.3 cm³/mol. The molecule has 0 radical (unpaired) electrons. The molecule has 2 aromatic carbocycles. The molecule has 1 aliphatic heterocycles. The fraction of sp³-hybridized carbons (Fsp3) is 0.294. The van der Waals surface area contributed by atoms with Gasteiger partial charge < -0.3 is 14.2 Å². The fourth-order valence-electron chi connectivity index (χ4n) is 2.25. The van der Waals surface area contributed by atoms with E-state index in [1.807, 2.05) is 49.4 Å². The van der Waals surface area contributed by atoms with Crippen molar-refractivity contribution in [2.24, 2.45) is 0 Å². The average Bonchev–Trinajstić information content (AvgIpc) is 3.03. The highest BCUT2D eigenvalue weighted by Gasteiger charge is 2.23. The minimum absolute atomic E-state index is 0.340. The van der Waals surface area contributed by atoms with Crippen LogP contribution in [0, 0.1) is 6.92 Å². The molecule has 4 heteroatoms. The molecule has 0 spiro atoms. The van der Waals surface area contributed by atoms with Crippen LogP contribution in [-0.2, 0) is 16.1 Å². The second-order valence-corrected chi connectivity index (χ2v) is 5.84. The molecular weight excluding hydrogens is 332 g/mol. The van der Waals surface area contributed by atoms with Gasteiger partial charge in [-0.2, -0.15) is 0 Å². The first-order valence-electron chi connectivity index (χ1n) is 6.94. The van der Waals surface area contributed by atoms with Crippen molar-refractivity contribution in [3.8, 4) is 5.75 Å². The number of hydrogen-bond acceptors (Lipinski definition) is 3. The summed E-state index contributed by atoms with van der Waals surface area (Å²) in [4.78, 5) is 0. The summed E-state index contributed by atoms with van der Waals surface area (Å²) in [5, 5.41) is 0. The Morgan fingerprint density at radius 2 is 1.86 bits per heavy atom. The van der Waals surface area contributed by atoms with E-state index in [2.05, 4.69) is 15.9 Å². The molecule has 1 heterocycles. The van der Waals surface area contributed by atoms with E-state index < -0.39 is 0 Å². The molecule has 2 aromatic rings. The van der Waals surface area contributed by atoms with E-state index in [0.717, 1.165) is 26.9 Å². The van der Waals surface area contributed by atoms with Gasteiger partial charge in [0.2, 0.25) is 0 Å². The van der Waals surface area contributed by atoms with Gasteiger partial charge in [-0.15, -0.1) is 0 Å². The number of halogens is 1. The summed E-state index contributed by atoms with van der Waals surface area (Å²) in [6.45, 7) is 3.81. The normalized spacial score (nSPS) is 15.3. The maximum atomic E-state index is 5.99. The summed E-state index contributed by atoms with van der Waals surface area (Å²) >= 11 is 3.56. The number of ether oxygens (including phenoxy) is 3. The van der Waals surface area contributed by atoms with E-state index in [9.17, 15) is 0 Å². The Bertz CT molecular complexity index is 607. The van der Waals surface area contributed by atoms with Crippen LogP contribution in [-0.4, -0.2) is 13.2 Å². The zero-order valence-corrected chi connectivity index (χ0v) is 13.4. The SMILES string of the molecule is Cc1cc(OCc2ccccc2)c(C2OCCO2)cc1Br. The number of rotatable bonds is 4. The van der Waals surface area contributed by atoms with Crippen LogP contribution in [0.2, 0.25) is 0 Å². The van der Waals surface area contributed by atoms with Gasteiger partial charge in [-0.1, -0.05) is 46.3 Å². The molecule has 0 aromatic heterocycles. The molecule has 0 unspecified atom stereocenters. The average molecular weight is 349 g/mol. The largest absolute Gasteiger partial charge is 0.488 e. The molecule has 1 saturated heterocycles. The summed E-state index contributed by atoms with van der Waals surface area (Å²) in [5.74, 6) is 0.812. The van der Waals surface area contributed by atoms with Crippen molar-refractivity contribution in [1.82, 2.24) is 0 Å². The summed E-state index contributed by atoms with van der Waals surface area (Å²) < 4.78 is 18.2. The number of benzene rings is 2. The molecule has 21 heavy (non-hydrogen) atoms. The van der Waals surface area contributed by atoms with Crippen molar-refractivity contribution >= 4 is 15.9 Å². The zero-order valence-electron chi connectivity index (χ0n) is 11.8. The Balaban J connectivity index is 1.83. The van der Waals surface area contributed by atoms with Crippen LogP contribution in [0.15, 0.2) is 46.9 Å². The maximum absolute atomic E-state index is 5.99. The van der Waals surface area contributed by atoms with Gasteiger partial charge in [0.05, 0.1) is 18.8 Å². The third-order valence-electron chi connectivity index (χ3n) is 3.40. The molecule has 0 aliphatic carbocycles. The molecule has 3 nitrogen and oxygen atoms in total. The van der Waals surface area contributed by atoms with Crippen molar-refractivity contribution < 1.29 is 14.2 Å². The molecule has 3 rings (SSSR count). The molecule has 0 N–H and O–H groups in total. The van der Waals surface area contributed by atoms with Gasteiger partial charge in [0.15, 0.2) is 6.29 Å². The van der Waals surface area contributed by atoms with Gasteiger partial charge in [0.1, 0.15) is 12.4 Å². The first kappa shape index (κ1) is 14.6. The first-order chi connectivity index (χ1) is 10.2. The standard InChI is InChI=1S/C17H17BrO3/c1-12-9-16(21-11-13-5-3-2-4-6-13)14(10-15(12)18)17-19-7-8-20-17/h2-6,9-10,17H,7-8,11H2,1H3. The number of aryl methyl sites for hydroxylation is 1. The quantitative estimate of drug-likeness (QED) is 0.820. The topological polar surface area (TPSA) is 27.7 Å². The van der Waals surface area contributed by atoms with Crippen molar-refractivity contribution in [3.05, 3.63) is 63.6 Å². The third kappa shape index (κ3) is 3.46. The lowest BCUT2D eigenvalue weighted by atomic mass is 10.1. The molecule has 110 valence electrons. The lowest BCUT2D eigenvalue weighted by Gasteiger charge is -2.17. The van der Waals surface area contributed by atoms with Crippen LogP contribution in [0.5, 0.6) is 5.75 Å². The highest BCUT2D eigenvalue weighted by Crippen LogP contribution is 2.35. The van der Waals surface area contributed by atoms with E-state index >= 15 is 0 Å². The van der Waals surface area contributed by atoms with Gasteiger partial charge in [0, 0.05) is 4.47 Å². The minimum Gasteiger partial charge on any atom is -0.488 e. The van der Waals surface area contributed by atoms with Gasteiger partial charge in [-0.25, -0.2) is 0 Å². The highest BCUT2D eigenvalue weighted by atomic mass is 79.9. The Morgan fingerprint density at radius 1 is 1.14 bits per heavy atom. The monoisotopic (exact) mass is 348 g/mol. The van der Waals surface area contributed by atoms with Crippen molar-refractivity contribution in [3.63, 3.8) is 0 Å². The van der Waals surface area contributed by atoms with Crippen LogP contribution in [0.3, 0.4) is 0 Å². The lowest BCUT2D eigenvalue weighted by Crippen LogP contribution is -2.04. The van der Waals surface area contributed by atoms with Crippen molar-refractivity contribution in [1.29, 1.82) is 0 Å². The maximum Gasteiger partial charge on any atom is 0.187 e. The van der Waals surface area contributed by atoms with E-state index in [-0.39, 0.29) is 6.29 Å². The lowest BCUT2D eigenvalue weighted by molar-refractivity contribution is -0.0459. The summed E-state index contributed by atoms with van der Waals surface area (Å²) in [6.07, 6.45) is -0.340. The Labute approximate surface area is 133 Å². The summed E-state index contributed by atoms with van der Waals surface area (Å²) in [5.41, 5.74) is 3.19. The summed E-state index contributed by atoms with van der Waals surface area (Å²) in [6, 6.07) is 14.2. The van der Waals surface area contributed by atoms with Gasteiger partial charge in [-0.3, -0.25) is 0 Å². The van der Waals surface area contributed by atoms with E-state index in [1.54, 1.807) is 0 Å². The van der Waals surface area contributed by atoms with Crippen LogP contribution in [0.25, 0.3) is 0 Å². The predicted octanol–water partition coefficient (Wildman–Crippen LogP) is 4.38. The molecule has 1 aliphatic rings. The molecule has 0 amide bonds. The number of hydrogen-bond donors (Lipinski definition) is 0. The van der Waals surface area contributed by atoms with E-state index in [0.29, 0.717) is 19.8 Å². The first-order valence-corrected chi connectivity index (χ1v) is 7.73. The van der Waals surface area contributed by atoms with Crippen molar-refractivity contribution in [2.75, 3.05) is 13.2 Å². The molecule has 1 fully saturated rings. The van der Waals surface area contributed by atoms with Crippen LogP contribution in [0.4, 0.5) is 0 Å². The Morgan fingerprint density at radius 3 is 2.57 bits per heavy atom. The molecule has 0 saturated carbocycles. The van der Waals surface area contributed by atoms with E-state index in [1.165, 1.54) is 0 Å². The third-order valence-corrected chi connectivity index (χ3v) is 4.26. The molecular formula is C17H17BrO3. The summed E-state index contributed by atoms with van der Waals surface area (Å²) in [7, 11) is 0. The Kier molecular flexibility index (Phi) is 4.58. The second kappa shape index (κ2) is 6.60. The van der Waals surface area contributed by atoms with Crippen molar-refractivity contribution in [2.45, 2.75) is 19.8 Å². The van der Waals surface area contributed by atoms with Gasteiger partial charge >= 0.3 is 0 Å². The minimum atomic E-state index is -0.340.